The van der Waals surface area contributed by atoms with E-state index in [4.69, 9.17) is 9.68 Å². The van der Waals surface area contributed by atoms with Gasteiger partial charge in [0.2, 0.25) is 10.6 Å². The maximum Gasteiger partial charge on any atom is 0.207 e. The molecule has 62 valence electrons. The van der Waals surface area contributed by atoms with Crippen molar-refractivity contribution in [3.05, 3.63) is 16.3 Å². The zero-order chi connectivity index (χ0) is 8.77. The molecule has 1 aliphatic rings. The highest BCUT2D eigenvalue weighted by Crippen LogP contribution is 2.47. The Morgan fingerprint density at radius 2 is 2.33 bits per heavy atom. The summed E-state index contributed by atoms with van der Waals surface area (Å²) >= 11 is 3.15. The van der Waals surface area contributed by atoms with E-state index in [9.17, 15) is 0 Å². The molecule has 0 saturated heterocycles. The summed E-state index contributed by atoms with van der Waals surface area (Å²) in [4.78, 5) is 4.09. The lowest BCUT2D eigenvalue weighted by atomic mass is 10.1. The molecule has 0 radical (unpaired) electrons. The Labute approximate surface area is 78.5 Å². The standard InChI is InChI=1S/C8H7BrN2O/c1-8(2-3-8)7-11-5(4-10)6(9)12-7/h2-3H2,1H3. The molecule has 0 spiro atoms. The van der Waals surface area contributed by atoms with E-state index in [1.165, 1.54) is 0 Å². The number of halogens is 1. The molecule has 0 bridgehead atoms. The highest BCUT2D eigenvalue weighted by atomic mass is 79.9. The van der Waals surface area contributed by atoms with Gasteiger partial charge in [0.05, 0.1) is 0 Å². The molecule has 4 heteroatoms. The summed E-state index contributed by atoms with van der Waals surface area (Å²) in [5, 5.41) is 8.62. The first kappa shape index (κ1) is 7.81. The molecule has 1 aromatic rings. The quantitative estimate of drug-likeness (QED) is 0.739. The second-order valence-electron chi connectivity index (χ2n) is 3.31. The number of nitriles is 1. The highest BCUT2D eigenvalue weighted by molar-refractivity contribution is 9.10. The summed E-state index contributed by atoms with van der Waals surface area (Å²) in [5.74, 6) is 0.686. The first-order valence-electron chi connectivity index (χ1n) is 3.73. The zero-order valence-electron chi connectivity index (χ0n) is 6.59. The molecule has 1 fully saturated rings. The molecule has 0 aromatic carbocycles. The normalized spacial score (nSPS) is 18.8. The van der Waals surface area contributed by atoms with Crippen LogP contribution in [0.1, 0.15) is 31.4 Å². The lowest BCUT2D eigenvalue weighted by Gasteiger charge is -1.98. The third-order valence-electron chi connectivity index (χ3n) is 2.21. The van der Waals surface area contributed by atoms with Gasteiger partial charge >= 0.3 is 0 Å². The third-order valence-corrected chi connectivity index (χ3v) is 2.75. The van der Waals surface area contributed by atoms with Crippen LogP contribution in [0.2, 0.25) is 0 Å². The second kappa shape index (κ2) is 2.33. The monoisotopic (exact) mass is 226 g/mol. The van der Waals surface area contributed by atoms with Crippen molar-refractivity contribution in [1.29, 1.82) is 5.26 Å². The lowest BCUT2D eigenvalue weighted by Crippen LogP contribution is -1.99. The van der Waals surface area contributed by atoms with Gasteiger partial charge in [0.25, 0.3) is 0 Å². The maximum atomic E-state index is 8.62. The van der Waals surface area contributed by atoms with E-state index in [2.05, 4.69) is 27.8 Å². The molecule has 0 atom stereocenters. The summed E-state index contributed by atoms with van der Waals surface area (Å²) in [5.41, 5.74) is 0.440. The predicted molar refractivity (Wildman–Crippen MR) is 45.5 cm³/mol. The van der Waals surface area contributed by atoms with Crippen molar-refractivity contribution in [3.63, 3.8) is 0 Å². The maximum absolute atomic E-state index is 8.62. The van der Waals surface area contributed by atoms with Crippen LogP contribution in [0, 0.1) is 11.3 Å². The fraction of sp³-hybridized carbons (Fsp3) is 0.500. The minimum atomic E-state index is 0.0949. The van der Waals surface area contributed by atoms with Crippen molar-refractivity contribution in [1.82, 2.24) is 4.98 Å². The number of aromatic nitrogens is 1. The first-order valence-corrected chi connectivity index (χ1v) is 4.52. The van der Waals surface area contributed by atoms with Gasteiger partial charge in [-0.05, 0) is 28.8 Å². The summed E-state index contributed by atoms with van der Waals surface area (Å²) < 4.78 is 5.77. The van der Waals surface area contributed by atoms with Crippen LogP contribution in [0.3, 0.4) is 0 Å². The molecule has 1 saturated carbocycles. The summed E-state index contributed by atoms with van der Waals surface area (Å²) in [7, 11) is 0. The fourth-order valence-corrected chi connectivity index (χ4v) is 1.36. The van der Waals surface area contributed by atoms with Crippen LogP contribution in [0.25, 0.3) is 0 Å². The van der Waals surface area contributed by atoms with Crippen LogP contribution in [0.15, 0.2) is 9.09 Å². The summed E-state index contributed by atoms with van der Waals surface area (Å²) in [6.07, 6.45) is 2.20. The Morgan fingerprint density at radius 3 is 2.75 bits per heavy atom. The number of nitrogens with zero attached hydrogens (tertiary/aromatic N) is 2. The van der Waals surface area contributed by atoms with E-state index >= 15 is 0 Å². The Balaban J connectivity index is 2.43. The van der Waals surface area contributed by atoms with Crippen molar-refractivity contribution in [2.75, 3.05) is 0 Å². The number of hydrogen-bond acceptors (Lipinski definition) is 3. The van der Waals surface area contributed by atoms with Gasteiger partial charge in [0.1, 0.15) is 6.07 Å². The molecular weight excluding hydrogens is 220 g/mol. The minimum Gasteiger partial charge on any atom is -0.432 e. The van der Waals surface area contributed by atoms with Crippen LogP contribution in [0.4, 0.5) is 0 Å². The third kappa shape index (κ3) is 1.05. The van der Waals surface area contributed by atoms with Gasteiger partial charge < -0.3 is 4.42 Å². The van der Waals surface area contributed by atoms with Crippen LogP contribution in [-0.2, 0) is 5.41 Å². The Morgan fingerprint density at radius 1 is 1.67 bits per heavy atom. The van der Waals surface area contributed by atoms with Gasteiger partial charge in [-0.25, -0.2) is 4.98 Å². The Bertz CT molecular complexity index is 360. The molecular formula is C8H7BrN2O. The van der Waals surface area contributed by atoms with E-state index in [0.29, 0.717) is 16.3 Å². The van der Waals surface area contributed by atoms with Crippen LogP contribution >= 0.6 is 15.9 Å². The van der Waals surface area contributed by atoms with E-state index in [1.807, 2.05) is 6.07 Å². The van der Waals surface area contributed by atoms with Gasteiger partial charge in [-0.1, -0.05) is 6.92 Å². The van der Waals surface area contributed by atoms with Gasteiger partial charge in [0, 0.05) is 5.41 Å². The molecule has 3 nitrogen and oxygen atoms in total. The zero-order valence-corrected chi connectivity index (χ0v) is 8.18. The van der Waals surface area contributed by atoms with E-state index < -0.39 is 0 Å². The minimum absolute atomic E-state index is 0.0949. The predicted octanol–water partition coefficient (Wildman–Crippen LogP) is 2.36. The number of rotatable bonds is 1. The van der Waals surface area contributed by atoms with Gasteiger partial charge in [-0.3, -0.25) is 0 Å². The highest BCUT2D eigenvalue weighted by Gasteiger charge is 2.44. The molecule has 0 N–H and O–H groups in total. The SMILES string of the molecule is CC1(c2nc(C#N)c(Br)o2)CC1. The van der Waals surface area contributed by atoms with Crippen molar-refractivity contribution in [3.8, 4) is 6.07 Å². The first-order chi connectivity index (χ1) is 5.65. The van der Waals surface area contributed by atoms with Crippen molar-refractivity contribution in [2.45, 2.75) is 25.2 Å². The lowest BCUT2D eigenvalue weighted by molar-refractivity contribution is 0.434. The van der Waals surface area contributed by atoms with Gasteiger partial charge in [-0.2, -0.15) is 5.26 Å². The molecule has 0 aliphatic heterocycles. The topological polar surface area (TPSA) is 49.8 Å². The average Bonchev–Trinajstić information content (AvgIpc) is 2.65. The second-order valence-corrected chi connectivity index (χ2v) is 4.03. The van der Waals surface area contributed by atoms with E-state index in [0.717, 1.165) is 12.8 Å². The molecule has 1 aliphatic carbocycles. The van der Waals surface area contributed by atoms with Crippen molar-refractivity contribution in [2.24, 2.45) is 0 Å². The summed E-state index contributed by atoms with van der Waals surface area (Å²) in [6.45, 7) is 2.09. The molecule has 2 rings (SSSR count). The molecule has 1 aromatic heterocycles. The Hall–Kier alpha value is -0.820. The van der Waals surface area contributed by atoms with Gasteiger partial charge in [0.15, 0.2) is 5.69 Å². The van der Waals surface area contributed by atoms with Crippen LogP contribution in [-0.4, -0.2) is 4.98 Å². The molecule has 0 amide bonds. The largest absolute Gasteiger partial charge is 0.432 e. The smallest absolute Gasteiger partial charge is 0.207 e. The van der Waals surface area contributed by atoms with Crippen molar-refractivity contribution < 1.29 is 4.42 Å². The van der Waals surface area contributed by atoms with Crippen LogP contribution in [0.5, 0.6) is 0 Å². The van der Waals surface area contributed by atoms with Crippen LogP contribution < -0.4 is 0 Å². The molecule has 0 unspecified atom stereocenters. The van der Waals surface area contributed by atoms with E-state index in [-0.39, 0.29) is 5.41 Å². The fourth-order valence-electron chi connectivity index (χ4n) is 1.03. The van der Waals surface area contributed by atoms with Gasteiger partial charge in [-0.15, -0.1) is 0 Å². The molecule has 12 heavy (non-hydrogen) atoms. The van der Waals surface area contributed by atoms with Crippen molar-refractivity contribution >= 4 is 15.9 Å². The number of hydrogen-bond donors (Lipinski definition) is 0. The van der Waals surface area contributed by atoms with E-state index in [1.54, 1.807) is 0 Å². The average molecular weight is 227 g/mol. The number of oxazole rings is 1. The Kier molecular flexibility index (Phi) is 1.52. The molecule has 1 heterocycles. The summed E-state index contributed by atoms with van der Waals surface area (Å²) in [6, 6.07) is 1.96.